The molecule has 0 saturated carbocycles. The zero-order chi connectivity index (χ0) is 15.6. The van der Waals surface area contributed by atoms with Crippen molar-refractivity contribution < 1.29 is 17.9 Å². The van der Waals surface area contributed by atoms with Crippen LogP contribution in [-0.2, 0) is 18.3 Å². The standard InChI is InChI=1S/C11H10ClFN4O3S/c1-17-4-9(14-5-17)6-2-7(10(13)8(12)3-6)11(18)15-16-21(19)20/h2-5,16H,1H3,(H,15,18)(H,19,20). The third-order valence-electron chi connectivity index (χ3n) is 2.53. The number of aryl methyl sites for hydroxylation is 1. The molecule has 1 aromatic carbocycles. The van der Waals surface area contributed by atoms with Crippen LogP contribution in [0.3, 0.4) is 0 Å². The van der Waals surface area contributed by atoms with Gasteiger partial charge in [-0.2, -0.15) is 0 Å². The third kappa shape index (κ3) is 3.64. The topological polar surface area (TPSA) is 96.3 Å². The van der Waals surface area contributed by atoms with E-state index in [9.17, 15) is 13.4 Å². The van der Waals surface area contributed by atoms with Crippen LogP contribution in [0, 0.1) is 5.82 Å². The van der Waals surface area contributed by atoms with Gasteiger partial charge >= 0.3 is 0 Å². The predicted octanol–water partition coefficient (Wildman–Crippen LogP) is 1.25. The van der Waals surface area contributed by atoms with Crippen LogP contribution >= 0.6 is 11.6 Å². The average molecular weight is 333 g/mol. The monoisotopic (exact) mass is 332 g/mol. The third-order valence-corrected chi connectivity index (χ3v) is 3.08. The molecule has 0 bridgehead atoms. The van der Waals surface area contributed by atoms with E-state index in [2.05, 4.69) is 4.98 Å². The second kappa shape index (κ2) is 6.31. The van der Waals surface area contributed by atoms with Crippen molar-refractivity contribution >= 4 is 28.8 Å². The fourth-order valence-electron chi connectivity index (χ4n) is 1.62. The summed E-state index contributed by atoms with van der Waals surface area (Å²) in [4.78, 5) is 17.6. The van der Waals surface area contributed by atoms with E-state index in [0.717, 1.165) is 0 Å². The number of hydrogen-bond donors (Lipinski definition) is 3. The predicted molar refractivity (Wildman–Crippen MR) is 75.0 cm³/mol. The molecule has 7 nitrogen and oxygen atoms in total. The van der Waals surface area contributed by atoms with Crippen LogP contribution < -0.4 is 10.3 Å². The molecule has 1 amide bonds. The zero-order valence-electron chi connectivity index (χ0n) is 10.6. The smallest absolute Gasteiger partial charge is 0.269 e. The van der Waals surface area contributed by atoms with Gasteiger partial charge < -0.3 is 4.57 Å². The number of hydrogen-bond acceptors (Lipinski definition) is 3. The van der Waals surface area contributed by atoms with E-state index >= 15 is 0 Å². The minimum Gasteiger partial charge on any atom is -0.340 e. The van der Waals surface area contributed by atoms with Gasteiger partial charge in [-0.1, -0.05) is 11.6 Å². The van der Waals surface area contributed by atoms with Crippen LogP contribution in [0.5, 0.6) is 0 Å². The van der Waals surface area contributed by atoms with Crippen LogP contribution in [0.25, 0.3) is 11.3 Å². The van der Waals surface area contributed by atoms with Crippen molar-refractivity contribution in [3.63, 3.8) is 0 Å². The number of amides is 1. The number of nitrogens with one attached hydrogen (secondary N) is 2. The Morgan fingerprint density at radius 1 is 1.52 bits per heavy atom. The number of imidazole rings is 1. The summed E-state index contributed by atoms with van der Waals surface area (Å²) in [5, 5.41) is -0.256. The molecule has 2 rings (SSSR count). The first kappa shape index (κ1) is 15.6. The van der Waals surface area contributed by atoms with Crippen LogP contribution in [0.2, 0.25) is 5.02 Å². The number of benzene rings is 1. The molecule has 0 spiro atoms. The quantitative estimate of drug-likeness (QED) is 0.580. The van der Waals surface area contributed by atoms with E-state index in [1.54, 1.807) is 29.0 Å². The lowest BCUT2D eigenvalue weighted by Crippen LogP contribution is -2.38. The van der Waals surface area contributed by atoms with Gasteiger partial charge in [-0.25, -0.2) is 13.6 Å². The maximum atomic E-state index is 13.9. The molecule has 0 radical (unpaired) electrons. The van der Waals surface area contributed by atoms with Crippen molar-refractivity contribution in [1.29, 1.82) is 0 Å². The largest absolute Gasteiger partial charge is 0.340 e. The molecular formula is C11H10ClFN4O3S. The molecule has 10 heteroatoms. The van der Waals surface area contributed by atoms with E-state index in [4.69, 9.17) is 16.2 Å². The van der Waals surface area contributed by atoms with E-state index in [1.165, 1.54) is 12.1 Å². The Kier molecular flexibility index (Phi) is 4.68. The summed E-state index contributed by atoms with van der Waals surface area (Å²) in [5.74, 6) is -1.87. The van der Waals surface area contributed by atoms with Crippen LogP contribution in [0.4, 0.5) is 4.39 Å². The summed E-state index contributed by atoms with van der Waals surface area (Å²) in [6, 6.07) is 2.59. The van der Waals surface area contributed by atoms with Gasteiger partial charge in [-0.3, -0.25) is 14.8 Å². The molecule has 1 unspecified atom stereocenters. The molecule has 0 saturated heterocycles. The van der Waals surface area contributed by atoms with Crippen molar-refractivity contribution in [3.05, 3.63) is 41.1 Å². The lowest BCUT2D eigenvalue weighted by Gasteiger charge is -2.08. The molecule has 1 aromatic heterocycles. The molecule has 0 fully saturated rings. The zero-order valence-corrected chi connectivity index (χ0v) is 12.2. The van der Waals surface area contributed by atoms with Gasteiger partial charge in [0.2, 0.25) is 0 Å². The second-order valence-electron chi connectivity index (χ2n) is 4.05. The maximum Gasteiger partial charge on any atom is 0.269 e. The van der Waals surface area contributed by atoms with Crippen molar-refractivity contribution in [1.82, 2.24) is 19.8 Å². The Morgan fingerprint density at radius 2 is 2.24 bits per heavy atom. The maximum absolute atomic E-state index is 13.9. The van der Waals surface area contributed by atoms with Crippen molar-refractivity contribution in [2.45, 2.75) is 0 Å². The van der Waals surface area contributed by atoms with Gasteiger partial charge in [0.15, 0.2) is 5.82 Å². The second-order valence-corrected chi connectivity index (χ2v) is 5.16. The lowest BCUT2D eigenvalue weighted by molar-refractivity contribution is 0.0941. The molecule has 21 heavy (non-hydrogen) atoms. The number of halogens is 2. The first-order valence-electron chi connectivity index (χ1n) is 5.52. The molecule has 2 aromatic rings. The molecule has 1 heterocycles. The highest BCUT2D eigenvalue weighted by atomic mass is 35.5. The van der Waals surface area contributed by atoms with Crippen molar-refractivity contribution in [2.24, 2.45) is 7.05 Å². The molecule has 112 valence electrons. The Hall–Kier alpha value is -1.81. The molecule has 0 aliphatic carbocycles. The van der Waals surface area contributed by atoms with Crippen LogP contribution in [-0.4, -0.2) is 24.2 Å². The molecule has 1 atom stereocenters. The Bertz CT molecular complexity index is 721. The number of carbonyl (C=O) groups is 1. The number of hydrazine groups is 1. The molecule has 0 aliphatic rings. The normalized spacial score (nSPS) is 12.2. The molecule has 3 N–H and O–H groups in total. The number of aromatic nitrogens is 2. The summed E-state index contributed by atoms with van der Waals surface area (Å²) in [6.45, 7) is 0. The average Bonchev–Trinajstić information content (AvgIpc) is 2.85. The summed E-state index contributed by atoms with van der Waals surface area (Å²) >= 11 is 3.30. The highest BCUT2D eigenvalue weighted by Crippen LogP contribution is 2.26. The van der Waals surface area contributed by atoms with Crippen molar-refractivity contribution in [3.8, 4) is 11.3 Å². The summed E-state index contributed by atoms with van der Waals surface area (Å²) in [5.41, 5.74) is 2.46. The van der Waals surface area contributed by atoms with E-state index in [0.29, 0.717) is 11.3 Å². The highest BCUT2D eigenvalue weighted by molar-refractivity contribution is 7.77. The van der Waals surface area contributed by atoms with E-state index < -0.39 is 23.0 Å². The van der Waals surface area contributed by atoms with Crippen LogP contribution in [0.15, 0.2) is 24.7 Å². The van der Waals surface area contributed by atoms with Gasteiger partial charge in [-0.05, 0) is 12.1 Å². The first-order chi connectivity index (χ1) is 9.88. The van der Waals surface area contributed by atoms with E-state index in [-0.39, 0.29) is 10.6 Å². The van der Waals surface area contributed by atoms with Crippen molar-refractivity contribution in [2.75, 3.05) is 0 Å². The first-order valence-corrected chi connectivity index (χ1v) is 7.01. The van der Waals surface area contributed by atoms with Gasteiger partial charge in [0, 0.05) is 18.8 Å². The van der Waals surface area contributed by atoms with Gasteiger partial charge in [-0.15, -0.1) is 4.83 Å². The molecule has 0 aliphatic heterocycles. The molecular weight excluding hydrogens is 323 g/mol. The Morgan fingerprint density at radius 3 is 2.81 bits per heavy atom. The lowest BCUT2D eigenvalue weighted by atomic mass is 10.1. The Labute approximate surface area is 126 Å². The SMILES string of the molecule is Cn1cnc(-c2cc(Cl)c(F)c(C(=O)NNS(=O)O)c2)c1. The fourth-order valence-corrected chi connectivity index (χ4v) is 2.02. The van der Waals surface area contributed by atoms with Gasteiger partial charge in [0.05, 0.1) is 22.6 Å². The number of carbonyl (C=O) groups excluding carboxylic acids is 1. The summed E-state index contributed by atoms with van der Waals surface area (Å²) < 4.78 is 34.5. The van der Waals surface area contributed by atoms with Gasteiger partial charge in [0.25, 0.3) is 17.2 Å². The fraction of sp³-hybridized carbons (Fsp3) is 0.0909. The van der Waals surface area contributed by atoms with Crippen LogP contribution in [0.1, 0.15) is 10.4 Å². The summed E-state index contributed by atoms with van der Waals surface area (Å²) in [7, 11) is 1.76. The highest BCUT2D eigenvalue weighted by Gasteiger charge is 2.18. The number of nitrogens with zero attached hydrogens (tertiary/aromatic N) is 2. The van der Waals surface area contributed by atoms with Gasteiger partial charge in [0.1, 0.15) is 0 Å². The summed E-state index contributed by atoms with van der Waals surface area (Å²) in [6.07, 6.45) is 3.22. The minimum atomic E-state index is -2.46. The Balaban J connectivity index is 2.39. The van der Waals surface area contributed by atoms with E-state index in [1.807, 2.05) is 5.43 Å². The number of rotatable bonds is 4. The minimum absolute atomic E-state index is 0.256.